The molecule has 0 unspecified atom stereocenters. The van der Waals surface area contributed by atoms with Gasteiger partial charge in [-0.3, -0.25) is 9.59 Å². The van der Waals surface area contributed by atoms with Gasteiger partial charge in [0.05, 0.1) is 12.4 Å². The molecule has 154 valence electrons. The first-order valence-corrected chi connectivity index (χ1v) is 9.77. The van der Waals surface area contributed by atoms with Gasteiger partial charge in [0.1, 0.15) is 17.2 Å². The average molecular weight is 396 g/mol. The van der Waals surface area contributed by atoms with E-state index in [2.05, 4.69) is 10.6 Å². The highest BCUT2D eigenvalue weighted by molar-refractivity contribution is 6.04. The molecule has 0 aliphatic rings. The molecule has 0 aliphatic heterocycles. The van der Waals surface area contributed by atoms with Gasteiger partial charge in [-0.25, -0.2) is 0 Å². The molecule has 0 fully saturated rings. The normalized spacial score (nSPS) is 11.7. The zero-order valence-corrected chi connectivity index (χ0v) is 17.1. The fraction of sp³-hybridized carbons (Fsp3) is 0.304. The fourth-order valence-corrected chi connectivity index (χ4v) is 2.43. The molecule has 0 spiro atoms. The highest BCUT2D eigenvalue weighted by atomic mass is 16.5. The highest BCUT2D eigenvalue weighted by Gasteiger charge is 2.12. The van der Waals surface area contributed by atoms with E-state index in [9.17, 15) is 9.59 Å². The van der Waals surface area contributed by atoms with Gasteiger partial charge >= 0.3 is 0 Å². The van der Waals surface area contributed by atoms with Crippen molar-refractivity contribution in [3.8, 4) is 5.75 Å². The summed E-state index contributed by atoms with van der Waals surface area (Å²) >= 11 is 0. The fourth-order valence-electron chi connectivity index (χ4n) is 2.43. The zero-order chi connectivity index (χ0) is 21.1. The van der Waals surface area contributed by atoms with Gasteiger partial charge in [0, 0.05) is 12.6 Å². The third-order valence-electron chi connectivity index (χ3n) is 3.82. The minimum Gasteiger partial charge on any atom is -0.491 e. The summed E-state index contributed by atoms with van der Waals surface area (Å²) in [7, 11) is 0. The number of furan rings is 1. The van der Waals surface area contributed by atoms with E-state index in [4.69, 9.17) is 9.15 Å². The zero-order valence-electron chi connectivity index (χ0n) is 17.1. The monoisotopic (exact) mass is 396 g/mol. The Morgan fingerprint density at radius 1 is 1.17 bits per heavy atom. The van der Waals surface area contributed by atoms with Crippen molar-refractivity contribution in [2.75, 3.05) is 6.54 Å². The maximum Gasteiger partial charge on any atom is 0.267 e. The molecule has 1 aromatic heterocycles. The second-order valence-corrected chi connectivity index (χ2v) is 6.74. The SMILES string of the molecule is CCCCNC(=O)/C(=C/c1ccc(OC(C)C)cc1)NC(=O)/C=C/c1ccco1. The Labute approximate surface area is 171 Å². The van der Waals surface area contributed by atoms with Crippen LogP contribution in [0.25, 0.3) is 12.2 Å². The van der Waals surface area contributed by atoms with E-state index < -0.39 is 5.91 Å². The van der Waals surface area contributed by atoms with E-state index in [1.165, 1.54) is 12.3 Å². The van der Waals surface area contributed by atoms with Crippen molar-refractivity contribution in [3.05, 3.63) is 65.8 Å². The van der Waals surface area contributed by atoms with Gasteiger partial charge in [0.15, 0.2) is 0 Å². The lowest BCUT2D eigenvalue weighted by atomic mass is 10.1. The predicted octanol–water partition coefficient (Wildman–Crippen LogP) is 4.15. The van der Waals surface area contributed by atoms with E-state index in [0.717, 1.165) is 24.2 Å². The van der Waals surface area contributed by atoms with Gasteiger partial charge in [-0.05, 0) is 62.2 Å². The summed E-state index contributed by atoms with van der Waals surface area (Å²) in [5, 5.41) is 5.48. The first-order chi connectivity index (χ1) is 14.0. The molecule has 0 radical (unpaired) electrons. The van der Waals surface area contributed by atoms with Gasteiger partial charge in [-0.1, -0.05) is 25.5 Å². The minimum atomic E-state index is -0.418. The van der Waals surface area contributed by atoms with Crippen molar-refractivity contribution in [2.24, 2.45) is 0 Å². The molecule has 6 nitrogen and oxygen atoms in total. The van der Waals surface area contributed by atoms with Gasteiger partial charge in [0.25, 0.3) is 5.91 Å². The van der Waals surface area contributed by atoms with Crippen molar-refractivity contribution in [1.82, 2.24) is 10.6 Å². The Balaban J connectivity index is 2.13. The summed E-state index contributed by atoms with van der Waals surface area (Å²) in [5.74, 6) is 0.550. The van der Waals surface area contributed by atoms with E-state index in [1.807, 2.05) is 45.0 Å². The maximum atomic E-state index is 12.5. The molecule has 2 aromatic rings. The topological polar surface area (TPSA) is 80.6 Å². The van der Waals surface area contributed by atoms with Crippen LogP contribution in [-0.2, 0) is 9.59 Å². The Morgan fingerprint density at radius 3 is 2.55 bits per heavy atom. The Morgan fingerprint density at radius 2 is 1.93 bits per heavy atom. The van der Waals surface area contributed by atoms with Crippen LogP contribution in [0.1, 0.15) is 44.9 Å². The number of hydrogen-bond acceptors (Lipinski definition) is 4. The summed E-state index contributed by atoms with van der Waals surface area (Å²) in [6.07, 6.45) is 7.94. The number of amides is 2. The first kappa shape index (κ1) is 22.0. The molecule has 0 saturated heterocycles. The molecule has 2 N–H and O–H groups in total. The maximum absolute atomic E-state index is 12.5. The molecule has 1 heterocycles. The van der Waals surface area contributed by atoms with Crippen molar-refractivity contribution in [1.29, 1.82) is 0 Å². The van der Waals surface area contributed by atoms with Crippen LogP contribution in [0.5, 0.6) is 5.75 Å². The van der Waals surface area contributed by atoms with Crippen LogP contribution < -0.4 is 15.4 Å². The molecule has 1 aromatic carbocycles. The van der Waals surface area contributed by atoms with Crippen molar-refractivity contribution >= 4 is 24.0 Å². The highest BCUT2D eigenvalue weighted by Crippen LogP contribution is 2.15. The van der Waals surface area contributed by atoms with Crippen molar-refractivity contribution in [3.63, 3.8) is 0 Å². The Hall–Kier alpha value is -3.28. The summed E-state index contributed by atoms with van der Waals surface area (Å²) in [6.45, 7) is 6.51. The second kappa shape index (κ2) is 11.5. The Bertz CT molecular complexity index is 834. The Kier molecular flexibility index (Phi) is 8.76. The van der Waals surface area contributed by atoms with E-state index in [-0.39, 0.29) is 17.7 Å². The van der Waals surface area contributed by atoms with Gasteiger partial charge < -0.3 is 19.8 Å². The largest absolute Gasteiger partial charge is 0.491 e. The molecule has 0 aliphatic carbocycles. The van der Waals surface area contributed by atoms with Gasteiger partial charge in [-0.15, -0.1) is 0 Å². The molecular formula is C23H28N2O4. The predicted molar refractivity (Wildman–Crippen MR) is 114 cm³/mol. The van der Waals surface area contributed by atoms with E-state index in [1.54, 1.807) is 24.3 Å². The number of carbonyl (C=O) groups is 2. The number of unbranched alkanes of at least 4 members (excludes halogenated alkanes) is 1. The molecule has 0 atom stereocenters. The number of benzene rings is 1. The number of carbonyl (C=O) groups excluding carboxylic acids is 2. The van der Waals surface area contributed by atoms with Crippen LogP contribution in [0, 0.1) is 0 Å². The standard InChI is InChI=1S/C23H28N2O4/c1-4-5-14-24-23(27)21(25-22(26)13-12-19-7-6-15-28-19)16-18-8-10-20(11-9-18)29-17(2)3/h6-13,15-17H,4-5,14H2,1-3H3,(H,24,27)(H,25,26)/b13-12+,21-16-. The molecule has 6 heteroatoms. The lowest BCUT2D eigenvalue weighted by Gasteiger charge is -2.11. The molecular weight excluding hydrogens is 368 g/mol. The smallest absolute Gasteiger partial charge is 0.267 e. The lowest BCUT2D eigenvalue weighted by molar-refractivity contribution is -0.121. The third-order valence-corrected chi connectivity index (χ3v) is 3.82. The second-order valence-electron chi connectivity index (χ2n) is 6.74. The van der Waals surface area contributed by atoms with Gasteiger partial charge in [0.2, 0.25) is 5.91 Å². The van der Waals surface area contributed by atoms with Crippen LogP contribution >= 0.6 is 0 Å². The molecule has 2 amide bonds. The van der Waals surface area contributed by atoms with Gasteiger partial charge in [-0.2, -0.15) is 0 Å². The molecule has 2 rings (SSSR count). The first-order valence-electron chi connectivity index (χ1n) is 9.77. The van der Waals surface area contributed by atoms with Crippen molar-refractivity contribution in [2.45, 2.75) is 39.7 Å². The van der Waals surface area contributed by atoms with Crippen LogP contribution in [0.15, 0.2) is 58.9 Å². The lowest BCUT2D eigenvalue weighted by Crippen LogP contribution is -2.34. The quantitative estimate of drug-likeness (QED) is 0.467. The summed E-state index contributed by atoms with van der Waals surface area (Å²) < 4.78 is 10.8. The summed E-state index contributed by atoms with van der Waals surface area (Å²) in [4.78, 5) is 24.8. The van der Waals surface area contributed by atoms with E-state index in [0.29, 0.717) is 12.3 Å². The van der Waals surface area contributed by atoms with Crippen LogP contribution in [0.2, 0.25) is 0 Å². The minimum absolute atomic E-state index is 0.0801. The van der Waals surface area contributed by atoms with Crippen LogP contribution in [0.4, 0.5) is 0 Å². The van der Waals surface area contributed by atoms with Crippen LogP contribution in [0.3, 0.4) is 0 Å². The summed E-state index contributed by atoms with van der Waals surface area (Å²) in [6, 6.07) is 10.8. The average Bonchev–Trinajstić information content (AvgIpc) is 3.21. The molecule has 29 heavy (non-hydrogen) atoms. The number of ether oxygens (including phenoxy) is 1. The van der Waals surface area contributed by atoms with E-state index >= 15 is 0 Å². The number of nitrogens with one attached hydrogen (secondary N) is 2. The third kappa shape index (κ3) is 8.09. The number of hydrogen-bond donors (Lipinski definition) is 2. The molecule has 0 bridgehead atoms. The van der Waals surface area contributed by atoms with Crippen molar-refractivity contribution < 1.29 is 18.7 Å². The number of rotatable bonds is 10. The molecule has 0 saturated carbocycles. The van der Waals surface area contributed by atoms with Crippen LogP contribution in [-0.4, -0.2) is 24.5 Å². The summed E-state index contributed by atoms with van der Waals surface area (Å²) in [5.41, 5.74) is 0.949.